The SMILES string of the molecule is COc1ccc(CN2CCN(c3ccccc3C(O)c3nccn3C)CC2)c(O)c1. The molecule has 1 aliphatic heterocycles. The highest BCUT2D eigenvalue weighted by Crippen LogP contribution is 2.31. The van der Waals surface area contributed by atoms with Gasteiger partial charge < -0.3 is 24.4 Å². The number of anilines is 1. The molecule has 0 bridgehead atoms. The number of aryl methyl sites for hydroxylation is 1. The predicted molar refractivity (Wildman–Crippen MR) is 116 cm³/mol. The highest BCUT2D eigenvalue weighted by atomic mass is 16.5. The quantitative estimate of drug-likeness (QED) is 0.653. The minimum absolute atomic E-state index is 0.264. The van der Waals surface area contributed by atoms with Gasteiger partial charge in [-0.25, -0.2) is 4.98 Å². The standard InChI is InChI=1S/C23H28N4O3/c1-25-10-9-24-23(25)22(29)19-5-3-4-6-20(19)27-13-11-26(12-14-27)16-17-7-8-18(30-2)15-21(17)28/h3-10,15,22,28-29H,11-14,16H2,1-2H3. The average molecular weight is 409 g/mol. The number of imidazole rings is 1. The van der Waals surface area contributed by atoms with Gasteiger partial charge in [-0.2, -0.15) is 0 Å². The van der Waals surface area contributed by atoms with E-state index in [4.69, 9.17) is 4.74 Å². The van der Waals surface area contributed by atoms with E-state index in [9.17, 15) is 10.2 Å². The molecule has 1 saturated heterocycles. The van der Waals surface area contributed by atoms with E-state index in [-0.39, 0.29) is 5.75 Å². The highest BCUT2D eigenvalue weighted by Gasteiger charge is 2.24. The molecule has 0 spiro atoms. The lowest BCUT2D eigenvalue weighted by Gasteiger charge is -2.37. The summed E-state index contributed by atoms with van der Waals surface area (Å²) in [5.74, 6) is 1.56. The van der Waals surface area contributed by atoms with Crippen LogP contribution in [0.5, 0.6) is 11.5 Å². The summed E-state index contributed by atoms with van der Waals surface area (Å²) >= 11 is 0. The van der Waals surface area contributed by atoms with E-state index in [0.29, 0.717) is 18.1 Å². The van der Waals surface area contributed by atoms with E-state index in [1.165, 1.54) is 0 Å². The molecule has 30 heavy (non-hydrogen) atoms. The monoisotopic (exact) mass is 408 g/mol. The van der Waals surface area contributed by atoms with Gasteiger partial charge in [-0.15, -0.1) is 0 Å². The number of aliphatic hydroxyl groups is 1. The number of piperazine rings is 1. The number of rotatable bonds is 6. The lowest BCUT2D eigenvalue weighted by Crippen LogP contribution is -2.46. The van der Waals surface area contributed by atoms with Gasteiger partial charge in [0.15, 0.2) is 0 Å². The molecule has 7 nitrogen and oxygen atoms in total. The van der Waals surface area contributed by atoms with Crippen molar-refractivity contribution in [1.29, 1.82) is 0 Å². The Morgan fingerprint density at radius 1 is 1.10 bits per heavy atom. The number of aromatic nitrogens is 2. The van der Waals surface area contributed by atoms with Crippen LogP contribution in [0.2, 0.25) is 0 Å². The lowest BCUT2D eigenvalue weighted by atomic mass is 10.0. The Morgan fingerprint density at radius 2 is 1.87 bits per heavy atom. The molecule has 2 heterocycles. The van der Waals surface area contributed by atoms with Crippen molar-refractivity contribution in [2.45, 2.75) is 12.6 Å². The van der Waals surface area contributed by atoms with Gasteiger partial charge in [-0.1, -0.05) is 24.3 Å². The van der Waals surface area contributed by atoms with Crippen LogP contribution in [0.25, 0.3) is 0 Å². The van der Waals surface area contributed by atoms with Crippen LogP contribution in [0, 0.1) is 0 Å². The van der Waals surface area contributed by atoms with E-state index in [0.717, 1.165) is 43.0 Å². The summed E-state index contributed by atoms with van der Waals surface area (Å²) in [6.07, 6.45) is 2.78. The van der Waals surface area contributed by atoms with E-state index in [1.54, 1.807) is 19.4 Å². The van der Waals surface area contributed by atoms with Gasteiger partial charge in [0, 0.05) is 75.0 Å². The van der Waals surface area contributed by atoms with Crippen molar-refractivity contribution >= 4 is 5.69 Å². The molecule has 0 radical (unpaired) electrons. The largest absolute Gasteiger partial charge is 0.507 e. The first-order valence-electron chi connectivity index (χ1n) is 10.1. The fourth-order valence-corrected chi connectivity index (χ4v) is 3.98. The van der Waals surface area contributed by atoms with Gasteiger partial charge in [0.1, 0.15) is 23.4 Å². The molecule has 0 amide bonds. The van der Waals surface area contributed by atoms with Crippen LogP contribution in [0.15, 0.2) is 54.9 Å². The first-order valence-corrected chi connectivity index (χ1v) is 10.1. The molecule has 2 N–H and O–H groups in total. The molecule has 1 atom stereocenters. The molecular formula is C23H28N4O3. The maximum Gasteiger partial charge on any atom is 0.142 e. The Balaban J connectivity index is 1.44. The van der Waals surface area contributed by atoms with Crippen LogP contribution < -0.4 is 9.64 Å². The second-order valence-electron chi connectivity index (χ2n) is 7.62. The van der Waals surface area contributed by atoms with Gasteiger partial charge in [0.2, 0.25) is 0 Å². The Labute approximate surface area is 176 Å². The van der Waals surface area contributed by atoms with Crippen LogP contribution in [0.1, 0.15) is 23.1 Å². The van der Waals surface area contributed by atoms with E-state index in [1.807, 2.05) is 48.1 Å². The van der Waals surface area contributed by atoms with Crippen LogP contribution in [-0.4, -0.2) is 58.0 Å². The minimum Gasteiger partial charge on any atom is -0.507 e. The molecule has 3 aromatic rings. The third-order valence-corrected chi connectivity index (χ3v) is 5.73. The Morgan fingerprint density at radius 3 is 2.53 bits per heavy atom. The normalized spacial score (nSPS) is 15.9. The number of para-hydroxylation sites is 1. The van der Waals surface area contributed by atoms with Crippen LogP contribution >= 0.6 is 0 Å². The molecule has 4 rings (SSSR count). The zero-order valence-electron chi connectivity index (χ0n) is 17.4. The summed E-state index contributed by atoms with van der Waals surface area (Å²) in [5.41, 5.74) is 2.81. The number of phenolic OH excluding ortho intramolecular Hbond substituents is 1. The van der Waals surface area contributed by atoms with Crippen molar-refractivity contribution in [2.24, 2.45) is 7.05 Å². The van der Waals surface area contributed by atoms with Crippen molar-refractivity contribution in [3.63, 3.8) is 0 Å². The topological polar surface area (TPSA) is 74.0 Å². The minimum atomic E-state index is -0.768. The molecule has 1 unspecified atom stereocenters. The van der Waals surface area contributed by atoms with Crippen molar-refractivity contribution in [1.82, 2.24) is 14.5 Å². The van der Waals surface area contributed by atoms with Gasteiger partial charge in [0.25, 0.3) is 0 Å². The van der Waals surface area contributed by atoms with Crippen molar-refractivity contribution in [2.75, 3.05) is 38.2 Å². The smallest absolute Gasteiger partial charge is 0.142 e. The predicted octanol–water partition coefficient (Wildman–Crippen LogP) is 2.54. The summed E-state index contributed by atoms with van der Waals surface area (Å²) < 4.78 is 7.01. The third kappa shape index (κ3) is 4.13. The Hall–Kier alpha value is -3.03. The lowest BCUT2D eigenvalue weighted by molar-refractivity contribution is 0.205. The third-order valence-electron chi connectivity index (χ3n) is 5.73. The number of aliphatic hydroxyl groups excluding tert-OH is 1. The number of hydrogen-bond donors (Lipinski definition) is 2. The molecule has 0 saturated carbocycles. The molecule has 1 aliphatic rings. The fourth-order valence-electron chi connectivity index (χ4n) is 3.98. The van der Waals surface area contributed by atoms with Crippen molar-refractivity contribution < 1.29 is 14.9 Å². The maximum atomic E-state index is 10.9. The molecule has 0 aliphatic carbocycles. The van der Waals surface area contributed by atoms with Gasteiger partial charge >= 0.3 is 0 Å². The second kappa shape index (κ2) is 8.77. The van der Waals surface area contributed by atoms with E-state index >= 15 is 0 Å². The number of hydrogen-bond acceptors (Lipinski definition) is 6. The summed E-state index contributed by atoms with van der Waals surface area (Å²) in [4.78, 5) is 8.95. The van der Waals surface area contributed by atoms with Gasteiger partial charge in [-0.05, 0) is 12.1 Å². The van der Waals surface area contributed by atoms with E-state index in [2.05, 4.69) is 20.9 Å². The van der Waals surface area contributed by atoms with Crippen LogP contribution in [0.3, 0.4) is 0 Å². The first kappa shape index (κ1) is 20.3. The van der Waals surface area contributed by atoms with Gasteiger partial charge in [0.05, 0.1) is 7.11 Å². The number of benzene rings is 2. The summed E-state index contributed by atoms with van der Waals surface area (Å²) in [6, 6.07) is 13.4. The number of ether oxygens (including phenoxy) is 1. The Bertz CT molecular complexity index is 996. The molecule has 7 heteroatoms. The zero-order valence-corrected chi connectivity index (χ0v) is 17.4. The van der Waals surface area contributed by atoms with Crippen LogP contribution in [-0.2, 0) is 13.6 Å². The second-order valence-corrected chi connectivity index (χ2v) is 7.62. The number of phenols is 1. The van der Waals surface area contributed by atoms with Crippen molar-refractivity contribution in [3.8, 4) is 11.5 Å². The summed E-state index contributed by atoms with van der Waals surface area (Å²) in [7, 11) is 3.48. The molecule has 1 aromatic heterocycles. The first-order chi connectivity index (χ1) is 14.6. The fraction of sp³-hybridized carbons (Fsp3) is 0.348. The number of aromatic hydroxyl groups is 1. The van der Waals surface area contributed by atoms with Crippen LogP contribution in [0.4, 0.5) is 5.69 Å². The maximum absolute atomic E-state index is 10.9. The Kier molecular flexibility index (Phi) is 5.92. The summed E-state index contributed by atoms with van der Waals surface area (Å²) in [5, 5.41) is 21.2. The summed E-state index contributed by atoms with van der Waals surface area (Å²) in [6.45, 7) is 4.14. The van der Waals surface area contributed by atoms with E-state index < -0.39 is 6.10 Å². The number of methoxy groups -OCH3 is 1. The molecule has 158 valence electrons. The molecule has 1 fully saturated rings. The van der Waals surface area contributed by atoms with Crippen molar-refractivity contribution in [3.05, 3.63) is 71.8 Å². The average Bonchev–Trinajstić information content (AvgIpc) is 3.21. The zero-order chi connectivity index (χ0) is 21.1. The molecular weight excluding hydrogens is 380 g/mol. The molecule has 2 aromatic carbocycles. The van der Waals surface area contributed by atoms with Gasteiger partial charge in [-0.3, -0.25) is 4.90 Å². The highest BCUT2D eigenvalue weighted by molar-refractivity contribution is 5.56. The number of nitrogens with zero attached hydrogens (tertiary/aromatic N) is 4.